The van der Waals surface area contributed by atoms with Crippen LogP contribution in [0.4, 0.5) is 0 Å². The Balaban J connectivity index is 1.62. The number of carbonyl (C=O) groups excluding carboxylic acids is 2. The molecule has 0 aromatic heterocycles. The van der Waals surface area contributed by atoms with Gasteiger partial charge in [0, 0.05) is 25.9 Å². The third-order valence-electron chi connectivity index (χ3n) is 4.77. The van der Waals surface area contributed by atoms with Crippen LogP contribution in [0.5, 0.6) is 0 Å². The Kier molecular flexibility index (Phi) is 5.37. The van der Waals surface area contributed by atoms with Crippen molar-refractivity contribution in [2.75, 3.05) is 6.54 Å². The normalized spacial score (nSPS) is 17.5. The first kappa shape index (κ1) is 17.5. The second-order valence-electron chi connectivity index (χ2n) is 7.31. The van der Waals surface area contributed by atoms with Crippen molar-refractivity contribution in [1.82, 2.24) is 10.2 Å². The Morgan fingerprint density at radius 3 is 2.76 bits per heavy atom. The van der Waals surface area contributed by atoms with Gasteiger partial charge in [0.05, 0.1) is 6.04 Å². The molecule has 0 aliphatic carbocycles. The van der Waals surface area contributed by atoms with Gasteiger partial charge in [0.1, 0.15) is 0 Å². The van der Waals surface area contributed by atoms with Crippen molar-refractivity contribution in [2.24, 2.45) is 5.92 Å². The van der Waals surface area contributed by atoms with Gasteiger partial charge in [-0.2, -0.15) is 0 Å². The quantitative estimate of drug-likeness (QED) is 0.876. The average Bonchev–Trinajstić information content (AvgIpc) is 2.92. The van der Waals surface area contributed by atoms with E-state index in [0.29, 0.717) is 31.8 Å². The van der Waals surface area contributed by atoms with Crippen LogP contribution in [0.15, 0.2) is 42.5 Å². The molecule has 4 nitrogen and oxygen atoms in total. The minimum absolute atomic E-state index is 0.0542. The van der Waals surface area contributed by atoms with Crippen LogP contribution in [0, 0.1) is 5.92 Å². The summed E-state index contributed by atoms with van der Waals surface area (Å²) in [6, 6.07) is 14.3. The van der Waals surface area contributed by atoms with Gasteiger partial charge in [-0.15, -0.1) is 0 Å². The first-order valence-electron chi connectivity index (χ1n) is 9.06. The van der Waals surface area contributed by atoms with E-state index in [1.54, 1.807) is 0 Å². The highest BCUT2D eigenvalue weighted by atomic mass is 16.2. The van der Waals surface area contributed by atoms with E-state index in [0.717, 1.165) is 12.0 Å². The minimum atomic E-state index is -0.0675. The molecule has 2 aromatic rings. The molecule has 0 radical (unpaired) electrons. The van der Waals surface area contributed by atoms with Crippen molar-refractivity contribution in [3.05, 3.63) is 48.0 Å². The first-order chi connectivity index (χ1) is 12.0. The molecule has 1 atom stereocenters. The summed E-state index contributed by atoms with van der Waals surface area (Å²) >= 11 is 0. The van der Waals surface area contributed by atoms with Gasteiger partial charge in [0.25, 0.3) is 0 Å². The molecule has 25 heavy (non-hydrogen) atoms. The van der Waals surface area contributed by atoms with Crippen molar-refractivity contribution < 1.29 is 9.59 Å². The SMILES string of the molecule is CC(C)CCC(=O)NC1CC(=O)N(Cc2cccc3ccccc23)C1. The van der Waals surface area contributed by atoms with E-state index in [1.807, 2.05) is 23.1 Å². The van der Waals surface area contributed by atoms with Gasteiger partial charge < -0.3 is 10.2 Å². The molecular weight excluding hydrogens is 312 g/mol. The molecule has 1 saturated heterocycles. The summed E-state index contributed by atoms with van der Waals surface area (Å²) in [6.07, 6.45) is 1.82. The van der Waals surface area contributed by atoms with Gasteiger partial charge in [0.15, 0.2) is 0 Å². The lowest BCUT2D eigenvalue weighted by Crippen LogP contribution is -2.37. The Morgan fingerprint density at radius 1 is 1.20 bits per heavy atom. The summed E-state index contributed by atoms with van der Waals surface area (Å²) in [7, 11) is 0. The van der Waals surface area contributed by atoms with Crippen molar-refractivity contribution >= 4 is 22.6 Å². The smallest absolute Gasteiger partial charge is 0.225 e. The lowest BCUT2D eigenvalue weighted by atomic mass is 10.0. The maximum atomic E-state index is 12.3. The van der Waals surface area contributed by atoms with Crippen LogP contribution in [-0.2, 0) is 16.1 Å². The molecule has 1 aliphatic rings. The number of nitrogens with one attached hydrogen (secondary N) is 1. The fourth-order valence-electron chi connectivity index (χ4n) is 3.38. The summed E-state index contributed by atoms with van der Waals surface area (Å²) in [5.74, 6) is 0.680. The van der Waals surface area contributed by atoms with Gasteiger partial charge in [0.2, 0.25) is 11.8 Å². The predicted octanol–water partition coefficient (Wildman–Crippen LogP) is 3.49. The molecule has 1 unspecified atom stereocenters. The first-order valence-corrected chi connectivity index (χ1v) is 9.06. The molecule has 4 heteroatoms. The van der Waals surface area contributed by atoms with E-state index in [4.69, 9.17) is 0 Å². The number of fused-ring (bicyclic) bond motifs is 1. The highest BCUT2D eigenvalue weighted by Gasteiger charge is 2.30. The number of likely N-dealkylation sites (tertiary alicyclic amines) is 1. The zero-order chi connectivity index (χ0) is 17.8. The molecule has 2 aromatic carbocycles. The number of benzene rings is 2. The van der Waals surface area contributed by atoms with Gasteiger partial charge in [-0.25, -0.2) is 0 Å². The van der Waals surface area contributed by atoms with Crippen molar-refractivity contribution in [2.45, 2.75) is 45.7 Å². The topological polar surface area (TPSA) is 49.4 Å². The summed E-state index contributed by atoms with van der Waals surface area (Å²) < 4.78 is 0. The summed E-state index contributed by atoms with van der Waals surface area (Å²) in [4.78, 5) is 26.2. The van der Waals surface area contributed by atoms with Crippen molar-refractivity contribution in [3.63, 3.8) is 0 Å². The van der Waals surface area contributed by atoms with E-state index in [9.17, 15) is 9.59 Å². The van der Waals surface area contributed by atoms with Crippen molar-refractivity contribution in [3.8, 4) is 0 Å². The second kappa shape index (κ2) is 7.68. The minimum Gasteiger partial charge on any atom is -0.351 e. The molecule has 0 saturated carbocycles. The van der Waals surface area contributed by atoms with Gasteiger partial charge in [-0.1, -0.05) is 56.3 Å². The molecule has 0 spiro atoms. The van der Waals surface area contributed by atoms with Crippen LogP contribution >= 0.6 is 0 Å². The summed E-state index contributed by atoms with van der Waals surface area (Å²) in [5, 5.41) is 5.38. The van der Waals surface area contributed by atoms with Crippen LogP contribution < -0.4 is 5.32 Å². The number of carbonyl (C=O) groups is 2. The molecule has 2 amide bonds. The number of rotatable bonds is 6. The number of hydrogen-bond acceptors (Lipinski definition) is 2. The molecular formula is C21H26N2O2. The number of amides is 2. The van der Waals surface area contributed by atoms with E-state index in [1.165, 1.54) is 10.8 Å². The summed E-state index contributed by atoms with van der Waals surface area (Å²) in [6.45, 7) is 5.41. The van der Waals surface area contributed by atoms with Gasteiger partial charge in [-0.05, 0) is 28.7 Å². The molecule has 132 valence electrons. The lowest BCUT2D eigenvalue weighted by molar-refractivity contribution is -0.128. The van der Waals surface area contributed by atoms with Gasteiger partial charge >= 0.3 is 0 Å². The lowest BCUT2D eigenvalue weighted by Gasteiger charge is -2.18. The highest BCUT2D eigenvalue weighted by molar-refractivity contribution is 5.87. The fourth-order valence-corrected chi connectivity index (χ4v) is 3.38. The van der Waals surface area contributed by atoms with E-state index < -0.39 is 0 Å². The number of hydrogen-bond donors (Lipinski definition) is 1. The Bertz CT molecular complexity index is 764. The molecule has 3 rings (SSSR count). The summed E-state index contributed by atoms with van der Waals surface area (Å²) in [5.41, 5.74) is 1.15. The van der Waals surface area contributed by atoms with Crippen LogP contribution in [0.25, 0.3) is 10.8 Å². The third kappa shape index (κ3) is 4.38. The largest absolute Gasteiger partial charge is 0.351 e. The van der Waals surface area contributed by atoms with Crippen LogP contribution in [-0.4, -0.2) is 29.3 Å². The van der Waals surface area contributed by atoms with E-state index in [2.05, 4.69) is 43.4 Å². The Labute approximate surface area is 149 Å². The second-order valence-corrected chi connectivity index (χ2v) is 7.31. The molecule has 1 fully saturated rings. The van der Waals surface area contributed by atoms with Gasteiger partial charge in [-0.3, -0.25) is 9.59 Å². The standard InChI is InChI=1S/C21H26N2O2/c1-15(2)10-11-20(24)22-18-12-21(25)23(14-18)13-17-8-5-7-16-6-3-4-9-19(16)17/h3-9,15,18H,10-14H2,1-2H3,(H,22,24). The highest BCUT2D eigenvalue weighted by Crippen LogP contribution is 2.22. The maximum Gasteiger partial charge on any atom is 0.225 e. The average molecular weight is 338 g/mol. The van der Waals surface area contributed by atoms with E-state index >= 15 is 0 Å². The Morgan fingerprint density at radius 2 is 1.96 bits per heavy atom. The monoisotopic (exact) mass is 338 g/mol. The predicted molar refractivity (Wildman–Crippen MR) is 100.0 cm³/mol. The molecule has 0 bridgehead atoms. The zero-order valence-corrected chi connectivity index (χ0v) is 15.0. The third-order valence-corrected chi connectivity index (χ3v) is 4.77. The Hall–Kier alpha value is -2.36. The zero-order valence-electron chi connectivity index (χ0n) is 15.0. The molecule has 1 N–H and O–H groups in total. The van der Waals surface area contributed by atoms with E-state index in [-0.39, 0.29) is 17.9 Å². The number of nitrogens with zero attached hydrogens (tertiary/aromatic N) is 1. The van der Waals surface area contributed by atoms with Crippen molar-refractivity contribution in [1.29, 1.82) is 0 Å². The maximum absolute atomic E-state index is 12.3. The fraction of sp³-hybridized carbons (Fsp3) is 0.429. The van der Waals surface area contributed by atoms with Crippen LogP contribution in [0.3, 0.4) is 0 Å². The van der Waals surface area contributed by atoms with Crippen LogP contribution in [0.1, 0.15) is 38.7 Å². The molecule has 1 aliphatic heterocycles. The van der Waals surface area contributed by atoms with Crippen LogP contribution in [0.2, 0.25) is 0 Å². The molecule has 1 heterocycles.